The van der Waals surface area contributed by atoms with Crippen molar-refractivity contribution in [1.82, 2.24) is 5.32 Å². The van der Waals surface area contributed by atoms with Crippen molar-refractivity contribution < 1.29 is 4.74 Å². The van der Waals surface area contributed by atoms with Gasteiger partial charge in [0, 0.05) is 24.6 Å². The number of hydrogen-bond acceptors (Lipinski definition) is 2. The Bertz CT molecular complexity index is 486. The fraction of sp³-hybridized carbons (Fsp3) is 0.529. The lowest BCUT2D eigenvalue weighted by Crippen LogP contribution is -2.25. The summed E-state index contributed by atoms with van der Waals surface area (Å²) in [5.74, 6) is 1.07. The molecule has 1 N–H and O–H groups in total. The number of fused-ring (bicyclic) bond motifs is 1. The van der Waals surface area contributed by atoms with E-state index in [2.05, 4.69) is 64.2 Å². The van der Waals surface area contributed by atoms with Gasteiger partial charge >= 0.3 is 0 Å². The van der Waals surface area contributed by atoms with Crippen LogP contribution in [0.4, 0.5) is 0 Å². The molecule has 0 saturated heterocycles. The van der Waals surface area contributed by atoms with Gasteiger partial charge in [-0.15, -0.1) is 0 Å². The third-order valence-corrected chi connectivity index (χ3v) is 3.31. The van der Waals surface area contributed by atoms with E-state index >= 15 is 0 Å². The van der Waals surface area contributed by atoms with Gasteiger partial charge in [0.2, 0.25) is 0 Å². The molecule has 2 heteroatoms. The molecule has 2 rings (SSSR count). The molecular weight excluding hydrogens is 234 g/mol. The number of benzene rings is 1. The zero-order valence-electron chi connectivity index (χ0n) is 12.7. The lowest BCUT2D eigenvalue weighted by atomic mass is 10.00. The highest BCUT2D eigenvalue weighted by Gasteiger charge is 2.31. The minimum Gasteiger partial charge on any atom is -0.487 e. The minimum atomic E-state index is -0.0731. The first-order chi connectivity index (χ1) is 8.87. The van der Waals surface area contributed by atoms with E-state index in [0.717, 1.165) is 18.7 Å². The molecule has 0 saturated carbocycles. The lowest BCUT2D eigenvalue weighted by Gasteiger charge is -2.18. The van der Waals surface area contributed by atoms with Crippen LogP contribution in [0, 0.1) is 0 Å². The predicted molar refractivity (Wildman–Crippen MR) is 81.6 cm³/mol. The lowest BCUT2D eigenvalue weighted by molar-refractivity contribution is 0.138. The van der Waals surface area contributed by atoms with Crippen LogP contribution < -0.4 is 10.1 Å². The summed E-state index contributed by atoms with van der Waals surface area (Å²) in [5.41, 5.74) is 3.78. The summed E-state index contributed by atoms with van der Waals surface area (Å²) in [5, 5.41) is 3.44. The molecule has 0 atom stereocenters. The van der Waals surface area contributed by atoms with Crippen LogP contribution in [0.2, 0.25) is 0 Å². The molecule has 2 nitrogen and oxygen atoms in total. The van der Waals surface area contributed by atoms with Crippen LogP contribution in [0.25, 0.3) is 6.08 Å². The summed E-state index contributed by atoms with van der Waals surface area (Å²) in [6.07, 6.45) is 3.23. The SMILES string of the molecule is CC(=Cc1cccc2c1OC(C)(C)C2)CNC(C)C. The standard InChI is InChI=1S/C17H25NO/c1-12(2)18-11-13(3)9-14-7-6-8-15-10-17(4,5)19-16(14)15/h6-9,12,18H,10-11H2,1-5H3. The van der Waals surface area contributed by atoms with Crippen LogP contribution in [-0.2, 0) is 6.42 Å². The smallest absolute Gasteiger partial charge is 0.130 e. The van der Waals surface area contributed by atoms with E-state index in [1.54, 1.807) is 0 Å². The second kappa shape index (κ2) is 5.38. The Morgan fingerprint density at radius 2 is 2.16 bits per heavy atom. The van der Waals surface area contributed by atoms with Gasteiger partial charge in [0.05, 0.1) is 0 Å². The molecule has 0 unspecified atom stereocenters. The zero-order valence-corrected chi connectivity index (χ0v) is 12.7. The molecular formula is C17H25NO. The van der Waals surface area contributed by atoms with Crippen LogP contribution in [0.1, 0.15) is 45.7 Å². The third kappa shape index (κ3) is 3.60. The van der Waals surface area contributed by atoms with E-state index in [0.29, 0.717) is 6.04 Å². The van der Waals surface area contributed by atoms with Crippen molar-refractivity contribution in [2.24, 2.45) is 0 Å². The molecule has 0 fully saturated rings. The molecule has 1 aromatic rings. The number of para-hydroxylation sites is 1. The number of hydrogen-bond donors (Lipinski definition) is 1. The van der Waals surface area contributed by atoms with Gasteiger partial charge < -0.3 is 10.1 Å². The van der Waals surface area contributed by atoms with Gasteiger partial charge in [0.25, 0.3) is 0 Å². The highest BCUT2D eigenvalue weighted by Crippen LogP contribution is 2.38. The maximum Gasteiger partial charge on any atom is 0.130 e. The molecule has 0 aliphatic carbocycles. The number of rotatable bonds is 4. The molecule has 1 aliphatic heterocycles. The van der Waals surface area contributed by atoms with Gasteiger partial charge in [-0.2, -0.15) is 0 Å². The molecule has 1 aliphatic rings. The Morgan fingerprint density at radius 3 is 2.84 bits per heavy atom. The van der Waals surface area contributed by atoms with Crippen molar-refractivity contribution in [3.05, 3.63) is 34.9 Å². The van der Waals surface area contributed by atoms with Crippen LogP contribution in [0.5, 0.6) is 5.75 Å². The Hall–Kier alpha value is -1.28. The highest BCUT2D eigenvalue weighted by atomic mass is 16.5. The van der Waals surface area contributed by atoms with E-state index < -0.39 is 0 Å². The average Bonchev–Trinajstić information content (AvgIpc) is 2.62. The topological polar surface area (TPSA) is 21.3 Å². The molecule has 19 heavy (non-hydrogen) atoms. The Morgan fingerprint density at radius 1 is 1.42 bits per heavy atom. The largest absolute Gasteiger partial charge is 0.487 e. The Kier molecular flexibility index (Phi) is 4.00. The highest BCUT2D eigenvalue weighted by molar-refractivity contribution is 5.63. The van der Waals surface area contributed by atoms with E-state index in [-0.39, 0.29) is 5.60 Å². The maximum absolute atomic E-state index is 6.09. The van der Waals surface area contributed by atoms with Gasteiger partial charge in [-0.1, -0.05) is 43.7 Å². The van der Waals surface area contributed by atoms with Crippen LogP contribution in [0.3, 0.4) is 0 Å². The molecule has 1 aromatic carbocycles. The summed E-state index contributed by atoms with van der Waals surface area (Å²) in [6.45, 7) is 11.7. The van der Waals surface area contributed by atoms with Gasteiger partial charge in [0.15, 0.2) is 0 Å². The minimum absolute atomic E-state index is 0.0731. The molecule has 0 radical (unpaired) electrons. The first-order valence-electron chi connectivity index (χ1n) is 7.09. The molecule has 1 heterocycles. The van der Waals surface area contributed by atoms with E-state index in [1.165, 1.54) is 16.7 Å². The molecule has 0 aromatic heterocycles. The van der Waals surface area contributed by atoms with Crippen molar-refractivity contribution in [3.63, 3.8) is 0 Å². The fourth-order valence-corrected chi connectivity index (χ4v) is 2.43. The van der Waals surface area contributed by atoms with E-state index in [1.807, 2.05) is 0 Å². The van der Waals surface area contributed by atoms with Gasteiger partial charge in [-0.05, 0) is 26.3 Å². The van der Waals surface area contributed by atoms with Crippen molar-refractivity contribution in [3.8, 4) is 5.75 Å². The molecule has 0 bridgehead atoms. The summed E-state index contributed by atoms with van der Waals surface area (Å²) >= 11 is 0. The van der Waals surface area contributed by atoms with Gasteiger partial charge in [0.1, 0.15) is 11.4 Å². The normalized spacial score (nSPS) is 17.5. The third-order valence-electron chi connectivity index (χ3n) is 3.31. The fourth-order valence-electron chi connectivity index (χ4n) is 2.43. The van der Waals surface area contributed by atoms with Crippen LogP contribution >= 0.6 is 0 Å². The summed E-state index contributed by atoms with van der Waals surface area (Å²) in [6, 6.07) is 6.95. The van der Waals surface area contributed by atoms with E-state index in [4.69, 9.17) is 4.74 Å². The Balaban J connectivity index is 2.19. The molecule has 0 amide bonds. The average molecular weight is 259 g/mol. The van der Waals surface area contributed by atoms with E-state index in [9.17, 15) is 0 Å². The molecule has 104 valence electrons. The first kappa shape index (κ1) is 14.1. The second-order valence-electron chi connectivity index (χ2n) is 6.40. The van der Waals surface area contributed by atoms with Crippen molar-refractivity contribution in [1.29, 1.82) is 0 Å². The number of ether oxygens (including phenoxy) is 1. The summed E-state index contributed by atoms with van der Waals surface area (Å²) in [4.78, 5) is 0. The van der Waals surface area contributed by atoms with Crippen molar-refractivity contribution in [2.75, 3.05) is 6.54 Å². The quantitative estimate of drug-likeness (QED) is 0.888. The van der Waals surface area contributed by atoms with Crippen LogP contribution in [0.15, 0.2) is 23.8 Å². The monoisotopic (exact) mass is 259 g/mol. The number of nitrogens with one attached hydrogen (secondary N) is 1. The van der Waals surface area contributed by atoms with Gasteiger partial charge in [-0.25, -0.2) is 0 Å². The van der Waals surface area contributed by atoms with Gasteiger partial charge in [-0.3, -0.25) is 0 Å². The first-order valence-corrected chi connectivity index (χ1v) is 7.09. The Labute approximate surface area is 116 Å². The second-order valence-corrected chi connectivity index (χ2v) is 6.40. The maximum atomic E-state index is 6.09. The predicted octanol–water partition coefficient (Wildman–Crippen LogP) is 3.80. The summed E-state index contributed by atoms with van der Waals surface area (Å²) < 4.78 is 6.09. The van der Waals surface area contributed by atoms with Crippen molar-refractivity contribution in [2.45, 2.75) is 52.7 Å². The summed E-state index contributed by atoms with van der Waals surface area (Å²) in [7, 11) is 0. The zero-order chi connectivity index (χ0) is 14.0. The van der Waals surface area contributed by atoms with Crippen molar-refractivity contribution >= 4 is 6.08 Å². The molecule has 0 spiro atoms. The van der Waals surface area contributed by atoms with Crippen LogP contribution in [-0.4, -0.2) is 18.2 Å².